The van der Waals surface area contributed by atoms with Gasteiger partial charge in [-0.1, -0.05) is 6.92 Å². The third-order valence-corrected chi connectivity index (χ3v) is 3.24. The van der Waals surface area contributed by atoms with Crippen LogP contribution in [0.25, 0.3) is 0 Å². The number of aryl methyl sites for hydroxylation is 1. The summed E-state index contributed by atoms with van der Waals surface area (Å²) in [6.07, 6.45) is 0.471. The molecule has 1 aromatic rings. The van der Waals surface area contributed by atoms with Gasteiger partial charge in [0.25, 0.3) is 5.91 Å². The van der Waals surface area contributed by atoms with Gasteiger partial charge in [0.1, 0.15) is 0 Å². The zero-order valence-corrected chi connectivity index (χ0v) is 10.6. The maximum Gasteiger partial charge on any atom is 0.261 e. The predicted octanol–water partition coefficient (Wildman–Crippen LogP) is 1.66. The lowest BCUT2D eigenvalue weighted by atomic mass is 10.2. The highest BCUT2D eigenvalue weighted by atomic mass is 32.1. The Bertz CT molecular complexity index is 334. The number of carbonyl (C=O) groups is 1. The van der Waals surface area contributed by atoms with E-state index in [9.17, 15) is 4.79 Å². The average molecular weight is 243 g/mol. The van der Waals surface area contributed by atoms with Gasteiger partial charge in [-0.15, -0.1) is 11.3 Å². The molecule has 0 aliphatic rings. The van der Waals surface area contributed by atoms with Crippen LogP contribution in [0.4, 0.5) is 0 Å². The minimum Gasteiger partial charge on any atom is -0.354 e. The summed E-state index contributed by atoms with van der Waals surface area (Å²) in [6.45, 7) is 2.39. The second-order valence-corrected chi connectivity index (χ2v) is 4.16. The molecule has 0 radical (unpaired) electrons. The smallest absolute Gasteiger partial charge is 0.261 e. The second-order valence-electron chi connectivity index (χ2n) is 3.24. The molecule has 16 heavy (non-hydrogen) atoms. The summed E-state index contributed by atoms with van der Waals surface area (Å²) < 4.78 is 9.98. The monoisotopic (exact) mass is 243 g/mol. The van der Waals surface area contributed by atoms with Crippen LogP contribution in [0, 0.1) is 0 Å². The van der Waals surface area contributed by atoms with Gasteiger partial charge < -0.3 is 14.8 Å². The van der Waals surface area contributed by atoms with E-state index in [4.69, 9.17) is 9.47 Å². The van der Waals surface area contributed by atoms with Crippen molar-refractivity contribution in [1.29, 1.82) is 0 Å². The number of methoxy groups -OCH3 is 2. The molecule has 5 heteroatoms. The van der Waals surface area contributed by atoms with E-state index in [-0.39, 0.29) is 5.91 Å². The number of thiophene rings is 1. The molecule has 90 valence electrons. The van der Waals surface area contributed by atoms with Crippen LogP contribution in [-0.2, 0) is 15.9 Å². The van der Waals surface area contributed by atoms with Gasteiger partial charge in [-0.25, -0.2) is 0 Å². The SMILES string of the molecule is CCc1ccsc1C(=O)NCC(OC)OC. The highest BCUT2D eigenvalue weighted by Gasteiger charge is 2.13. The number of nitrogens with one attached hydrogen (secondary N) is 1. The van der Waals surface area contributed by atoms with E-state index in [1.807, 2.05) is 18.4 Å². The molecule has 0 unspecified atom stereocenters. The molecule has 0 fully saturated rings. The molecule has 0 aliphatic carbocycles. The van der Waals surface area contributed by atoms with Crippen LogP contribution in [-0.4, -0.2) is 33.0 Å². The van der Waals surface area contributed by atoms with Crippen molar-refractivity contribution in [3.05, 3.63) is 21.9 Å². The molecule has 4 nitrogen and oxygen atoms in total. The van der Waals surface area contributed by atoms with Crippen molar-refractivity contribution in [2.24, 2.45) is 0 Å². The fourth-order valence-electron chi connectivity index (χ4n) is 1.33. The van der Waals surface area contributed by atoms with Gasteiger partial charge in [-0.2, -0.15) is 0 Å². The summed E-state index contributed by atoms with van der Waals surface area (Å²) in [4.78, 5) is 12.6. The third kappa shape index (κ3) is 3.30. The van der Waals surface area contributed by atoms with Crippen LogP contribution in [0.15, 0.2) is 11.4 Å². The van der Waals surface area contributed by atoms with E-state index in [1.54, 1.807) is 14.2 Å². The molecule has 0 aromatic carbocycles. The Hall–Kier alpha value is -0.910. The molecular formula is C11H17NO3S. The zero-order chi connectivity index (χ0) is 12.0. The zero-order valence-electron chi connectivity index (χ0n) is 9.78. The van der Waals surface area contributed by atoms with E-state index >= 15 is 0 Å². The van der Waals surface area contributed by atoms with E-state index in [0.29, 0.717) is 6.54 Å². The number of hydrogen-bond donors (Lipinski definition) is 1. The van der Waals surface area contributed by atoms with E-state index in [0.717, 1.165) is 16.9 Å². The largest absolute Gasteiger partial charge is 0.354 e. The Kier molecular flexibility index (Phi) is 5.45. The number of hydrogen-bond acceptors (Lipinski definition) is 4. The van der Waals surface area contributed by atoms with E-state index in [2.05, 4.69) is 5.32 Å². The van der Waals surface area contributed by atoms with Gasteiger partial charge in [-0.05, 0) is 23.4 Å². The topological polar surface area (TPSA) is 47.6 Å². The molecule has 1 N–H and O–H groups in total. The molecule has 1 aromatic heterocycles. The lowest BCUT2D eigenvalue weighted by Gasteiger charge is -2.13. The summed E-state index contributed by atoms with van der Waals surface area (Å²) >= 11 is 1.46. The molecule has 0 bridgehead atoms. The Morgan fingerprint density at radius 2 is 2.19 bits per heavy atom. The first-order valence-electron chi connectivity index (χ1n) is 5.13. The fraction of sp³-hybridized carbons (Fsp3) is 0.545. The van der Waals surface area contributed by atoms with Crippen LogP contribution in [0.2, 0.25) is 0 Å². The second kappa shape index (κ2) is 6.62. The molecule has 1 heterocycles. The van der Waals surface area contributed by atoms with Crippen molar-refractivity contribution in [2.45, 2.75) is 19.6 Å². The summed E-state index contributed by atoms with van der Waals surface area (Å²) in [5.74, 6) is -0.0639. The Labute approximate surface area is 99.6 Å². The Morgan fingerprint density at radius 1 is 1.50 bits per heavy atom. The van der Waals surface area contributed by atoms with Crippen molar-refractivity contribution < 1.29 is 14.3 Å². The average Bonchev–Trinajstić information content (AvgIpc) is 2.78. The first kappa shape index (κ1) is 13.2. The van der Waals surface area contributed by atoms with Crippen LogP contribution in [0.3, 0.4) is 0 Å². The number of carbonyl (C=O) groups excluding carboxylic acids is 1. The van der Waals surface area contributed by atoms with Gasteiger partial charge in [-0.3, -0.25) is 4.79 Å². The summed E-state index contributed by atoms with van der Waals surface area (Å²) in [5, 5.41) is 4.71. The summed E-state index contributed by atoms with van der Waals surface area (Å²) in [7, 11) is 3.09. The van der Waals surface area contributed by atoms with Crippen molar-refractivity contribution in [3.63, 3.8) is 0 Å². The van der Waals surface area contributed by atoms with Gasteiger partial charge >= 0.3 is 0 Å². The number of ether oxygens (including phenoxy) is 2. The first-order valence-corrected chi connectivity index (χ1v) is 6.01. The molecule has 0 saturated heterocycles. The lowest BCUT2D eigenvalue weighted by molar-refractivity contribution is -0.0974. The van der Waals surface area contributed by atoms with Crippen LogP contribution < -0.4 is 5.32 Å². The Morgan fingerprint density at radius 3 is 2.75 bits per heavy atom. The minimum atomic E-state index is -0.394. The standard InChI is InChI=1S/C11H17NO3S/c1-4-8-5-6-16-10(8)11(13)12-7-9(14-2)15-3/h5-6,9H,4,7H2,1-3H3,(H,12,13). The molecular weight excluding hydrogens is 226 g/mol. The molecule has 0 aliphatic heterocycles. The normalized spacial score (nSPS) is 10.8. The maximum atomic E-state index is 11.8. The van der Waals surface area contributed by atoms with Gasteiger partial charge in [0.15, 0.2) is 6.29 Å². The predicted molar refractivity (Wildman–Crippen MR) is 63.8 cm³/mol. The summed E-state index contributed by atoms with van der Waals surface area (Å²) in [5.41, 5.74) is 1.08. The highest BCUT2D eigenvalue weighted by molar-refractivity contribution is 7.12. The van der Waals surface area contributed by atoms with E-state index < -0.39 is 6.29 Å². The van der Waals surface area contributed by atoms with Crippen molar-refractivity contribution in [2.75, 3.05) is 20.8 Å². The molecule has 1 amide bonds. The minimum absolute atomic E-state index is 0.0639. The molecule has 0 saturated carbocycles. The molecule has 0 atom stereocenters. The number of amides is 1. The maximum absolute atomic E-state index is 11.8. The van der Waals surface area contributed by atoms with Crippen LogP contribution >= 0.6 is 11.3 Å². The van der Waals surface area contributed by atoms with Crippen molar-refractivity contribution in [1.82, 2.24) is 5.32 Å². The third-order valence-electron chi connectivity index (χ3n) is 2.29. The van der Waals surface area contributed by atoms with Gasteiger partial charge in [0.05, 0.1) is 11.4 Å². The van der Waals surface area contributed by atoms with Crippen molar-refractivity contribution in [3.8, 4) is 0 Å². The lowest BCUT2D eigenvalue weighted by Crippen LogP contribution is -2.34. The highest BCUT2D eigenvalue weighted by Crippen LogP contribution is 2.16. The summed E-state index contributed by atoms with van der Waals surface area (Å²) in [6, 6.07) is 1.98. The first-order chi connectivity index (χ1) is 7.72. The van der Waals surface area contributed by atoms with Gasteiger partial charge in [0.2, 0.25) is 0 Å². The fourth-order valence-corrected chi connectivity index (χ4v) is 2.24. The Balaban J connectivity index is 2.52. The van der Waals surface area contributed by atoms with Crippen LogP contribution in [0.5, 0.6) is 0 Å². The number of rotatable bonds is 6. The molecule has 1 rings (SSSR count). The molecule has 0 spiro atoms. The van der Waals surface area contributed by atoms with Crippen LogP contribution in [0.1, 0.15) is 22.2 Å². The quantitative estimate of drug-likeness (QED) is 0.773. The van der Waals surface area contributed by atoms with Crippen molar-refractivity contribution >= 4 is 17.2 Å². The van der Waals surface area contributed by atoms with E-state index in [1.165, 1.54) is 11.3 Å². The van der Waals surface area contributed by atoms with Gasteiger partial charge in [0, 0.05) is 14.2 Å².